The van der Waals surface area contributed by atoms with Crippen LogP contribution >= 0.6 is 0 Å². The van der Waals surface area contributed by atoms with E-state index < -0.39 is 12.5 Å². The van der Waals surface area contributed by atoms with Crippen molar-refractivity contribution in [2.24, 2.45) is 0 Å². The van der Waals surface area contributed by atoms with E-state index in [0.29, 0.717) is 0 Å². The lowest BCUT2D eigenvalue weighted by atomic mass is 9.94. The number of nitrogens with zero attached hydrogens (tertiary/aromatic N) is 2. The second-order valence-corrected chi connectivity index (χ2v) is 4.42. The molecule has 1 aliphatic carbocycles. The molecule has 2 rings (SSSR count). The Hall–Kier alpha value is -0.810. The van der Waals surface area contributed by atoms with Crippen molar-refractivity contribution >= 4 is 6.03 Å². The van der Waals surface area contributed by atoms with Crippen molar-refractivity contribution in [3.05, 3.63) is 0 Å². The largest absolute Gasteiger partial charge is 0.369 e. The van der Waals surface area contributed by atoms with E-state index in [0.717, 1.165) is 25.7 Å². The van der Waals surface area contributed by atoms with E-state index >= 15 is 0 Å². The summed E-state index contributed by atoms with van der Waals surface area (Å²) < 4.78 is 0. The third-order valence-corrected chi connectivity index (χ3v) is 3.44. The lowest BCUT2D eigenvalue weighted by molar-refractivity contribution is -0.0736. The average molecular weight is 214 g/mol. The van der Waals surface area contributed by atoms with E-state index in [4.69, 9.17) is 0 Å². The predicted molar refractivity (Wildman–Crippen MR) is 53.9 cm³/mol. The summed E-state index contributed by atoms with van der Waals surface area (Å²) >= 11 is 0. The molecule has 2 aliphatic rings. The van der Waals surface area contributed by atoms with Crippen molar-refractivity contribution in [2.45, 2.75) is 50.6 Å². The predicted octanol–water partition coefficient (Wildman–Crippen LogP) is 0.323. The van der Waals surface area contributed by atoms with E-state index in [1.165, 1.54) is 23.3 Å². The SMILES string of the molecule is CN1C(=O)N(C2CCCCC2)C(O)C1O. The minimum Gasteiger partial charge on any atom is -0.369 e. The van der Waals surface area contributed by atoms with Gasteiger partial charge in [-0.2, -0.15) is 0 Å². The second-order valence-electron chi connectivity index (χ2n) is 4.42. The second kappa shape index (κ2) is 3.98. The van der Waals surface area contributed by atoms with Gasteiger partial charge in [0.15, 0.2) is 12.5 Å². The molecule has 0 bridgehead atoms. The van der Waals surface area contributed by atoms with Crippen LogP contribution in [0.5, 0.6) is 0 Å². The molecule has 2 unspecified atom stereocenters. The van der Waals surface area contributed by atoms with Crippen molar-refractivity contribution < 1.29 is 15.0 Å². The van der Waals surface area contributed by atoms with Crippen molar-refractivity contribution in [2.75, 3.05) is 7.05 Å². The number of hydrogen-bond donors (Lipinski definition) is 2. The monoisotopic (exact) mass is 214 g/mol. The summed E-state index contributed by atoms with van der Waals surface area (Å²) in [6, 6.07) is -0.164. The fourth-order valence-corrected chi connectivity index (χ4v) is 2.48. The maximum absolute atomic E-state index is 11.8. The van der Waals surface area contributed by atoms with Crippen molar-refractivity contribution in [1.82, 2.24) is 9.80 Å². The van der Waals surface area contributed by atoms with Crippen LogP contribution in [0.3, 0.4) is 0 Å². The van der Waals surface area contributed by atoms with E-state index in [1.807, 2.05) is 0 Å². The third-order valence-electron chi connectivity index (χ3n) is 3.44. The lowest BCUT2D eigenvalue weighted by Gasteiger charge is -2.32. The molecule has 0 aromatic heterocycles. The van der Waals surface area contributed by atoms with Crippen LogP contribution in [0.1, 0.15) is 32.1 Å². The van der Waals surface area contributed by atoms with Crippen LogP contribution in [0, 0.1) is 0 Å². The zero-order valence-corrected chi connectivity index (χ0v) is 8.96. The molecule has 86 valence electrons. The van der Waals surface area contributed by atoms with Gasteiger partial charge < -0.3 is 10.2 Å². The quantitative estimate of drug-likeness (QED) is 0.661. The molecule has 0 aromatic rings. The lowest BCUT2D eigenvalue weighted by Crippen LogP contribution is -2.44. The number of rotatable bonds is 1. The zero-order chi connectivity index (χ0) is 11.0. The van der Waals surface area contributed by atoms with Crippen molar-refractivity contribution in [3.8, 4) is 0 Å². The summed E-state index contributed by atoms with van der Waals surface area (Å²) in [5.74, 6) is 0. The van der Waals surface area contributed by atoms with Gasteiger partial charge in [0.1, 0.15) is 0 Å². The van der Waals surface area contributed by atoms with Crippen LogP contribution in [0.25, 0.3) is 0 Å². The summed E-state index contributed by atoms with van der Waals surface area (Å²) in [6.07, 6.45) is 3.12. The molecule has 2 amide bonds. The highest BCUT2D eigenvalue weighted by molar-refractivity contribution is 5.77. The van der Waals surface area contributed by atoms with Gasteiger partial charge in [-0.1, -0.05) is 19.3 Å². The average Bonchev–Trinajstić information content (AvgIpc) is 2.45. The first-order chi connectivity index (χ1) is 7.13. The maximum atomic E-state index is 11.8. The molecular formula is C10H18N2O3. The molecule has 2 fully saturated rings. The van der Waals surface area contributed by atoms with Gasteiger partial charge in [-0.3, -0.25) is 9.80 Å². The standard InChI is InChI=1S/C10H18N2O3/c1-11-8(13)9(14)12(10(11)15)7-5-3-2-4-6-7/h7-9,13-14H,2-6H2,1H3. The Kier molecular flexibility index (Phi) is 2.84. The Morgan fingerprint density at radius 3 is 2.20 bits per heavy atom. The summed E-state index contributed by atoms with van der Waals surface area (Å²) in [5, 5.41) is 19.3. The summed E-state index contributed by atoms with van der Waals surface area (Å²) in [6.45, 7) is 0. The number of likely N-dealkylation sites (N-methyl/N-ethyl adjacent to an activating group) is 1. The van der Waals surface area contributed by atoms with Crippen molar-refractivity contribution in [1.29, 1.82) is 0 Å². The smallest absolute Gasteiger partial charge is 0.324 e. The van der Waals surface area contributed by atoms with Gasteiger partial charge in [-0.25, -0.2) is 4.79 Å². The van der Waals surface area contributed by atoms with E-state index in [-0.39, 0.29) is 12.1 Å². The first-order valence-electron chi connectivity index (χ1n) is 5.54. The first-order valence-corrected chi connectivity index (χ1v) is 5.54. The highest BCUT2D eigenvalue weighted by Crippen LogP contribution is 2.29. The highest BCUT2D eigenvalue weighted by atomic mass is 16.4. The molecule has 1 aliphatic heterocycles. The van der Waals surface area contributed by atoms with Gasteiger partial charge in [0, 0.05) is 13.1 Å². The van der Waals surface area contributed by atoms with Gasteiger partial charge in [-0.15, -0.1) is 0 Å². The Labute approximate surface area is 89.3 Å². The molecule has 1 saturated carbocycles. The maximum Gasteiger partial charge on any atom is 0.324 e. The molecule has 0 aromatic carbocycles. The fourth-order valence-electron chi connectivity index (χ4n) is 2.48. The minimum atomic E-state index is -1.08. The van der Waals surface area contributed by atoms with E-state index in [2.05, 4.69) is 0 Å². The van der Waals surface area contributed by atoms with Crippen LogP contribution in [0.2, 0.25) is 0 Å². The number of aliphatic hydroxyl groups is 2. The Morgan fingerprint density at radius 1 is 1.13 bits per heavy atom. The third kappa shape index (κ3) is 1.70. The molecule has 2 atom stereocenters. The molecular weight excluding hydrogens is 196 g/mol. The Bertz CT molecular complexity index is 253. The molecule has 1 heterocycles. The molecule has 5 heteroatoms. The topological polar surface area (TPSA) is 64.0 Å². The van der Waals surface area contributed by atoms with Gasteiger partial charge in [0.2, 0.25) is 0 Å². The van der Waals surface area contributed by atoms with Crippen LogP contribution < -0.4 is 0 Å². The summed E-state index contributed by atoms with van der Waals surface area (Å²) in [7, 11) is 1.51. The molecule has 1 saturated heterocycles. The van der Waals surface area contributed by atoms with Crippen LogP contribution in [-0.2, 0) is 0 Å². The number of carbonyl (C=O) groups is 1. The number of aliphatic hydroxyl groups excluding tert-OH is 2. The normalized spacial score (nSPS) is 33.9. The van der Waals surface area contributed by atoms with Crippen LogP contribution in [-0.4, -0.2) is 51.6 Å². The van der Waals surface area contributed by atoms with Crippen molar-refractivity contribution in [3.63, 3.8) is 0 Å². The van der Waals surface area contributed by atoms with E-state index in [1.54, 1.807) is 0 Å². The molecule has 0 radical (unpaired) electrons. The fraction of sp³-hybridized carbons (Fsp3) is 0.900. The van der Waals surface area contributed by atoms with Crippen LogP contribution in [0.15, 0.2) is 0 Å². The van der Waals surface area contributed by atoms with E-state index in [9.17, 15) is 15.0 Å². The van der Waals surface area contributed by atoms with Gasteiger partial charge >= 0.3 is 6.03 Å². The minimum absolute atomic E-state index is 0.0980. The van der Waals surface area contributed by atoms with Gasteiger partial charge in [-0.05, 0) is 12.8 Å². The molecule has 5 nitrogen and oxygen atoms in total. The van der Waals surface area contributed by atoms with Crippen LogP contribution in [0.4, 0.5) is 4.79 Å². The first kappa shape index (κ1) is 10.7. The Morgan fingerprint density at radius 2 is 1.73 bits per heavy atom. The Balaban J connectivity index is 2.10. The highest BCUT2D eigenvalue weighted by Gasteiger charge is 2.45. The zero-order valence-electron chi connectivity index (χ0n) is 8.96. The van der Waals surface area contributed by atoms with Gasteiger partial charge in [0.25, 0.3) is 0 Å². The van der Waals surface area contributed by atoms with Gasteiger partial charge in [0.05, 0.1) is 0 Å². The summed E-state index contributed by atoms with van der Waals surface area (Å²) in [4.78, 5) is 14.4. The molecule has 15 heavy (non-hydrogen) atoms. The number of urea groups is 1. The number of amides is 2. The molecule has 0 spiro atoms. The number of hydrogen-bond acceptors (Lipinski definition) is 3. The molecule has 2 N–H and O–H groups in total. The number of carbonyl (C=O) groups excluding carboxylic acids is 1. The summed E-state index contributed by atoms with van der Waals surface area (Å²) in [5.41, 5.74) is 0.